The second-order valence-corrected chi connectivity index (χ2v) is 27.0. The van der Waals surface area contributed by atoms with Crippen LogP contribution in [0.15, 0.2) is 376 Å². The molecule has 4 heteroatoms. The zero-order valence-electron chi connectivity index (χ0n) is 56.6. The number of hydrogen-bond acceptors (Lipinski definition) is 0. The van der Waals surface area contributed by atoms with E-state index < -0.39 is 0 Å². The molecule has 0 aliphatic rings. The molecule has 4 nitrogen and oxygen atoms in total. The molecule has 0 saturated carbocycles. The van der Waals surface area contributed by atoms with Crippen molar-refractivity contribution in [3.63, 3.8) is 0 Å². The van der Waals surface area contributed by atoms with E-state index in [9.17, 15) is 0 Å². The van der Waals surface area contributed by atoms with Crippen molar-refractivity contribution in [2.75, 3.05) is 0 Å². The predicted octanol–water partition coefficient (Wildman–Crippen LogP) is 26.4. The molecular formula is C98H68N4. The van der Waals surface area contributed by atoms with Crippen LogP contribution in [0.25, 0.3) is 177 Å². The van der Waals surface area contributed by atoms with E-state index in [0.29, 0.717) is 0 Å². The van der Waals surface area contributed by atoms with Crippen molar-refractivity contribution < 1.29 is 0 Å². The maximum Gasteiger partial charge on any atom is 0.0541 e. The fourth-order valence-electron chi connectivity index (χ4n) is 15.8. The topological polar surface area (TPSA) is 19.7 Å². The Morgan fingerprint density at radius 1 is 0.137 bits per heavy atom. The van der Waals surface area contributed by atoms with E-state index >= 15 is 0 Å². The standard InChI is InChI=1S/2C49H34N2/c1-33-19-26-47-43(29-33)45-32-39(23-28-49(45)50(47)40-15-6-3-7-16-40)38-22-27-48-44(31-38)42-17-8-9-18-46(42)51(48)41-24-20-35(21-25-41)37-14-10-13-36(30-37)34-11-4-2-5-12-34;1-33-18-24-40(25-19-33)50-46-16-7-5-14-42(46)44-31-38(22-28-48(44)50)39-23-29-49-45(32-39)43-15-6-8-17-47(43)51(49)41-26-20-35(21-27-41)37-13-9-12-36(30-37)34-10-3-2-4-11-34/h2*2-32H,1H3. The van der Waals surface area contributed by atoms with Crippen molar-refractivity contribution in [2.24, 2.45) is 0 Å². The molecule has 0 amide bonds. The number of hydrogen-bond donors (Lipinski definition) is 0. The lowest BCUT2D eigenvalue weighted by Gasteiger charge is -2.11. The summed E-state index contributed by atoms with van der Waals surface area (Å²) in [6.07, 6.45) is 0. The predicted molar refractivity (Wildman–Crippen MR) is 432 cm³/mol. The summed E-state index contributed by atoms with van der Waals surface area (Å²) in [5.41, 5.74) is 31.6. The molecule has 4 heterocycles. The first-order chi connectivity index (χ1) is 50.4. The van der Waals surface area contributed by atoms with Gasteiger partial charge >= 0.3 is 0 Å². The van der Waals surface area contributed by atoms with Crippen LogP contribution in [0.2, 0.25) is 0 Å². The van der Waals surface area contributed by atoms with Crippen LogP contribution in [0.4, 0.5) is 0 Å². The van der Waals surface area contributed by atoms with Gasteiger partial charge in [-0.25, -0.2) is 0 Å². The van der Waals surface area contributed by atoms with E-state index in [1.54, 1.807) is 0 Å². The first-order valence-corrected chi connectivity index (χ1v) is 35.2. The van der Waals surface area contributed by atoms with Gasteiger partial charge in [0.25, 0.3) is 0 Å². The van der Waals surface area contributed by atoms with E-state index in [1.807, 2.05) is 0 Å². The van der Waals surface area contributed by atoms with Crippen LogP contribution in [0.3, 0.4) is 0 Å². The molecule has 0 atom stereocenters. The van der Waals surface area contributed by atoms with Crippen molar-refractivity contribution in [2.45, 2.75) is 13.8 Å². The summed E-state index contributed by atoms with van der Waals surface area (Å²) in [4.78, 5) is 0. The highest BCUT2D eigenvalue weighted by Crippen LogP contribution is 2.42. The monoisotopic (exact) mass is 1300 g/mol. The number of para-hydroxylation sites is 4. The molecule has 0 aliphatic carbocycles. The van der Waals surface area contributed by atoms with Crippen molar-refractivity contribution in [1.82, 2.24) is 18.3 Å². The third-order valence-corrected chi connectivity index (χ3v) is 20.8. The molecule has 0 saturated heterocycles. The summed E-state index contributed by atoms with van der Waals surface area (Å²) in [6.45, 7) is 4.31. The van der Waals surface area contributed by atoms with Gasteiger partial charge in [-0.05, 0) is 220 Å². The molecule has 4 aromatic heterocycles. The fourth-order valence-corrected chi connectivity index (χ4v) is 15.8. The van der Waals surface area contributed by atoms with Gasteiger partial charge in [-0.2, -0.15) is 0 Å². The second-order valence-electron chi connectivity index (χ2n) is 27.0. The molecular weight excluding hydrogens is 1230 g/mol. The Hall–Kier alpha value is -13.3. The van der Waals surface area contributed by atoms with Gasteiger partial charge in [-0.1, -0.05) is 248 Å². The van der Waals surface area contributed by atoms with Gasteiger partial charge in [0, 0.05) is 65.8 Å². The molecule has 0 spiro atoms. The summed E-state index contributed by atoms with van der Waals surface area (Å²) < 4.78 is 9.57. The number of nitrogens with zero attached hydrogens (tertiary/aromatic N) is 4. The van der Waals surface area contributed by atoms with Crippen molar-refractivity contribution >= 4 is 87.2 Å². The van der Waals surface area contributed by atoms with Gasteiger partial charge in [0.2, 0.25) is 0 Å². The van der Waals surface area contributed by atoms with Crippen LogP contribution < -0.4 is 0 Å². The minimum atomic E-state index is 1.15. The quantitative estimate of drug-likeness (QED) is 0.130. The minimum absolute atomic E-state index is 1.15. The van der Waals surface area contributed by atoms with E-state index in [4.69, 9.17) is 0 Å². The third kappa shape index (κ3) is 10.5. The number of fused-ring (bicyclic) bond motifs is 12. The van der Waals surface area contributed by atoms with Crippen LogP contribution in [0, 0.1) is 13.8 Å². The Morgan fingerprint density at radius 3 is 0.725 bits per heavy atom. The van der Waals surface area contributed by atoms with Gasteiger partial charge in [0.1, 0.15) is 0 Å². The number of aryl methyl sites for hydroxylation is 2. The summed E-state index contributed by atoms with van der Waals surface area (Å²) in [5, 5.41) is 10.1. The van der Waals surface area contributed by atoms with Crippen molar-refractivity contribution in [3.8, 4) is 89.5 Å². The molecule has 0 unspecified atom stereocenters. The SMILES string of the molecule is Cc1ccc(-n2c3ccccc3c3cc(-c4ccc5c(c4)c4ccccc4n5-c4ccc(-c5cccc(-c6ccccc6)c5)cc4)ccc32)cc1.Cc1ccc2c(c1)c1cc(-c3ccc4c(c3)c3ccccc3n4-c3ccc(-c4cccc(-c5ccccc5)c4)cc3)ccc1n2-c1ccccc1. The Balaban J connectivity index is 0.000000141. The molecule has 0 radical (unpaired) electrons. The van der Waals surface area contributed by atoms with Crippen LogP contribution in [-0.2, 0) is 0 Å². The highest BCUT2D eigenvalue weighted by Gasteiger charge is 2.20. The normalized spacial score (nSPS) is 11.6. The van der Waals surface area contributed by atoms with Gasteiger partial charge in [0.15, 0.2) is 0 Å². The lowest BCUT2D eigenvalue weighted by Crippen LogP contribution is -1.94. The van der Waals surface area contributed by atoms with Crippen molar-refractivity contribution in [3.05, 3.63) is 387 Å². The minimum Gasteiger partial charge on any atom is -0.309 e. The Bertz CT molecular complexity index is 6590. The molecule has 480 valence electrons. The van der Waals surface area contributed by atoms with E-state index in [1.165, 1.54) is 176 Å². The van der Waals surface area contributed by atoms with Crippen molar-refractivity contribution in [1.29, 1.82) is 0 Å². The summed E-state index contributed by atoms with van der Waals surface area (Å²) >= 11 is 0. The fraction of sp³-hybridized carbons (Fsp3) is 0.0204. The first kappa shape index (κ1) is 59.9. The summed E-state index contributed by atoms with van der Waals surface area (Å²) in [5.74, 6) is 0. The van der Waals surface area contributed by atoms with Crippen LogP contribution in [0.5, 0.6) is 0 Å². The van der Waals surface area contributed by atoms with Crippen LogP contribution in [0.1, 0.15) is 11.1 Å². The maximum absolute atomic E-state index is 2.40. The van der Waals surface area contributed by atoms with E-state index in [0.717, 1.165) is 11.4 Å². The second kappa shape index (κ2) is 24.9. The summed E-state index contributed by atoms with van der Waals surface area (Å²) in [6, 6.07) is 137. The van der Waals surface area contributed by atoms with Crippen LogP contribution in [-0.4, -0.2) is 18.3 Å². The van der Waals surface area contributed by atoms with Gasteiger partial charge < -0.3 is 18.3 Å². The molecule has 0 bridgehead atoms. The number of benzene rings is 16. The molecule has 0 fully saturated rings. The van der Waals surface area contributed by atoms with Gasteiger partial charge in [-0.15, -0.1) is 0 Å². The highest BCUT2D eigenvalue weighted by molar-refractivity contribution is 6.15. The molecule has 20 rings (SSSR count). The average molecular weight is 1300 g/mol. The third-order valence-electron chi connectivity index (χ3n) is 20.8. The van der Waals surface area contributed by atoms with Gasteiger partial charge in [0.05, 0.1) is 44.1 Å². The zero-order chi connectivity index (χ0) is 67.8. The zero-order valence-corrected chi connectivity index (χ0v) is 56.6. The smallest absolute Gasteiger partial charge is 0.0541 e. The summed E-state index contributed by atoms with van der Waals surface area (Å²) in [7, 11) is 0. The van der Waals surface area contributed by atoms with E-state index in [-0.39, 0.29) is 0 Å². The Morgan fingerprint density at radius 2 is 0.363 bits per heavy atom. The molecule has 0 N–H and O–H groups in total. The number of aromatic nitrogens is 4. The van der Waals surface area contributed by atoms with E-state index in [2.05, 4.69) is 408 Å². The molecule has 20 aromatic rings. The average Bonchev–Trinajstić information content (AvgIpc) is 1.60. The largest absolute Gasteiger partial charge is 0.309 e. The Kier molecular flexibility index (Phi) is 14.6. The highest BCUT2D eigenvalue weighted by atomic mass is 15.0. The Labute approximate surface area is 592 Å². The van der Waals surface area contributed by atoms with Crippen LogP contribution >= 0.6 is 0 Å². The molecule has 16 aromatic carbocycles. The number of rotatable bonds is 10. The van der Waals surface area contributed by atoms with Gasteiger partial charge in [-0.3, -0.25) is 0 Å². The maximum atomic E-state index is 2.40. The molecule has 0 aliphatic heterocycles. The molecule has 102 heavy (non-hydrogen) atoms. The lowest BCUT2D eigenvalue weighted by atomic mass is 9.99. The first-order valence-electron chi connectivity index (χ1n) is 35.2. The lowest BCUT2D eigenvalue weighted by molar-refractivity contribution is 1.17.